The number of benzene rings is 1. The lowest BCUT2D eigenvalue weighted by Gasteiger charge is -2.36. The number of nitrogens with two attached hydrogens (primary N) is 1. The van der Waals surface area contributed by atoms with Crippen LogP contribution in [0.5, 0.6) is 0 Å². The lowest BCUT2D eigenvalue weighted by molar-refractivity contribution is 0.584. The molecule has 0 saturated carbocycles. The zero-order valence-corrected chi connectivity index (χ0v) is 15.5. The lowest BCUT2D eigenvalue weighted by Crippen LogP contribution is -2.47. The minimum absolute atomic E-state index is 0.109. The highest BCUT2D eigenvalue weighted by Crippen LogP contribution is 2.33. The van der Waals surface area contributed by atoms with E-state index >= 15 is 0 Å². The summed E-state index contributed by atoms with van der Waals surface area (Å²) in [5.74, 6) is 1.56. The largest absolute Gasteiger partial charge is 0.353 e. The summed E-state index contributed by atoms with van der Waals surface area (Å²) in [5.41, 5.74) is 7.93. The number of nitrogens with zero attached hydrogens (tertiary/aromatic N) is 1. The third kappa shape index (κ3) is 4.37. The monoisotopic (exact) mass is 392 g/mol. The van der Waals surface area contributed by atoms with Crippen LogP contribution in [0.3, 0.4) is 0 Å². The molecular weight excluding hydrogens is 372 g/mol. The van der Waals surface area contributed by atoms with Gasteiger partial charge in [0.05, 0.1) is 5.69 Å². The zero-order chi connectivity index (χ0) is 15.6. The van der Waals surface area contributed by atoms with Crippen LogP contribution in [0.2, 0.25) is 0 Å². The Balaban J connectivity index is 2.31. The van der Waals surface area contributed by atoms with Gasteiger partial charge in [-0.25, -0.2) is 8.42 Å². The Morgan fingerprint density at radius 3 is 2.81 bits per heavy atom. The summed E-state index contributed by atoms with van der Waals surface area (Å²) in [5, 5.41) is -0.452. The minimum Gasteiger partial charge on any atom is -0.353 e. The topological polar surface area (TPSA) is 63.4 Å². The summed E-state index contributed by atoms with van der Waals surface area (Å²) >= 11 is 5.28. The predicted octanol–water partition coefficient (Wildman–Crippen LogP) is 2.26. The Morgan fingerprint density at radius 1 is 1.52 bits per heavy atom. The number of hydrogen-bond donors (Lipinski definition) is 1. The maximum Gasteiger partial charge on any atom is 0.169 e. The molecule has 1 aromatic carbocycles. The van der Waals surface area contributed by atoms with Crippen molar-refractivity contribution >= 4 is 43.2 Å². The van der Waals surface area contributed by atoms with Crippen molar-refractivity contribution in [2.45, 2.75) is 24.8 Å². The van der Waals surface area contributed by atoms with Crippen molar-refractivity contribution in [2.24, 2.45) is 5.73 Å². The zero-order valence-electron chi connectivity index (χ0n) is 12.3. The molecule has 2 N–H and O–H groups in total. The highest BCUT2D eigenvalue weighted by molar-refractivity contribution is 9.10. The summed E-state index contributed by atoms with van der Waals surface area (Å²) in [4.78, 5) is 1.99. The maximum atomic E-state index is 12.0. The average Bonchev–Trinajstić information content (AvgIpc) is 2.37. The van der Waals surface area contributed by atoms with Crippen molar-refractivity contribution in [3.8, 4) is 0 Å². The fourth-order valence-electron chi connectivity index (χ4n) is 2.49. The molecule has 0 spiro atoms. The van der Waals surface area contributed by atoms with E-state index in [1.165, 1.54) is 6.26 Å². The fraction of sp³-hybridized carbons (Fsp3) is 0.571. The first-order chi connectivity index (χ1) is 9.79. The summed E-state index contributed by atoms with van der Waals surface area (Å²) < 4.78 is 24.9. The van der Waals surface area contributed by atoms with E-state index in [9.17, 15) is 8.42 Å². The Hall–Kier alpha value is -0.240. The number of sulfone groups is 1. The average molecular weight is 393 g/mol. The summed E-state index contributed by atoms with van der Waals surface area (Å²) in [7, 11) is -3.10. The van der Waals surface area contributed by atoms with E-state index in [0.717, 1.165) is 34.4 Å². The van der Waals surface area contributed by atoms with Gasteiger partial charge in [-0.15, -0.1) is 0 Å². The van der Waals surface area contributed by atoms with Crippen LogP contribution in [-0.4, -0.2) is 44.1 Å². The highest BCUT2D eigenvalue weighted by atomic mass is 79.9. The van der Waals surface area contributed by atoms with Crippen LogP contribution in [0.4, 0.5) is 5.69 Å². The third-order valence-corrected chi connectivity index (χ3v) is 6.74. The van der Waals surface area contributed by atoms with Crippen LogP contribution in [0.15, 0.2) is 22.7 Å². The number of halogens is 1. The van der Waals surface area contributed by atoms with E-state index in [4.69, 9.17) is 5.73 Å². The summed E-state index contributed by atoms with van der Waals surface area (Å²) in [6.07, 6.45) is 2.12. The second-order valence-corrected chi connectivity index (χ2v) is 9.73. The van der Waals surface area contributed by atoms with Crippen LogP contribution in [0, 0.1) is 0 Å². The smallest absolute Gasteiger partial charge is 0.169 e. The van der Waals surface area contributed by atoms with Gasteiger partial charge in [0.25, 0.3) is 0 Å². The molecule has 2 rings (SSSR count). The van der Waals surface area contributed by atoms with Crippen molar-refractivity contribution in [3.05, 3.63) is 28.2 Å². The number of rotatable bonds is 4. The van der Waals surface area contributed by atoms with Crippen molar-refractivity contribution < 1.29 is 8.42 Å². The molecule has 7 heteroatoms. The Morgan fingerprint density at radius 2 is 2.24 bits per heavy atom. The van der Waals surface area contributed by atoms with Crippen molar-refractivity contribution in [2.75, 3.05) is 29.2 Å². The van der Waals surface area contributed by atoms with Gasteiger partial charge in [-0.2, -0.15) is 11.8 Å². The second kappa shape index (κ2) is 6.89. The predicted molar refractivity (Wildman–Crippen MR) is 94.8 cm³/mol. The summed E-state index contributed by atoms with van der Waals surface area (Å²) in [6.45, 7) is 2.72. The number of hydrogen-bond acceptors (Lipinski definition) is 5. The van der Waals surface area contributed by atoms with Gasteiger partial charge >= 0.3 is 0 Å². The van der Waals surface area contributed by atoms with Crippen LogP contribution in [0.1, 0.15) is 12.5 Å². The van der Waals surface area contributed by atoms with Gasteiger partial charge in [-0.1, -0.05) is 6.07 Å². The van der Waals surface area contributed by atoms with Crippen molar-refractivity contribution in [3.63, 3.8) is 0 Å². The second-order valence-electron chi connectivity index (χ2n) is 5.52. The molecule has 0 radical (unpaired) electrons. The van der Waals surface area contributed by atoms with Crippen LogP contribution in [0.25, 0.3) is 0 Å². The van der Waals surface area contributed by atoms with Crippen LogP contribution >= 0.6 is 27.7 Å². The molecule has 1 saturated heterocycles. The third-order valence-electron chi connectivity index (χ3n) is 3.46. The molecule has 1 aliphatic rings. The van der Waals surface area contributed by atoms with Crippen LogP contribution in [-0.2, 0) is 16.3 Å². The first-order valence-electron chi connectivity index (χ1n) is 6.86. The molecule has 0 aromatic heterocycles. The van der Waals surface area contributed by atoms with Gasteiger partial charge in [-0.05, 0) is 47.0 Å². The number of thioether (sulfide) groups is 1. The lowest BCUT2D eigenvalue weighted by atomic mass is 10.1. The van der Waals surface area contributed by atoms with Gasteiger partial charge in [0.15, 0.2) is 9.84 Å². The molecule has 1 aliphatic heterocycles. The molecule has 1 fully saturated rings. The molecule has 1 aromatic rings. The van der Waals surface area contributed by atoms with E-state index in [1.54, 1.807) is 11.8 Å². The summed E-state index contributed by atoms with van der Waals surface area (Å²) in [6, 6.07) is 6.18. The first-order valence-corrected chi connectivity index (χ1v) is 10.8. The van der Waals surface area contributed by atoms with Gasteiger partial charge in [0.1, 0.15) is 5.37 Å². The van der Waals surface area contributed by atoms with Gasteiger partial charge < -0.3 is 10.6 Å². The fourth-order valence-corrected chi connectivity index (χ4v) is 5.98. The minimum atomic E-state index is -3.10. The van der Waals surface area contributed by atoms with E-state index < -0.39 is 15.2 Å². The van der Waals surface area contributed by atoms with Crippen molar-refractivity contribution in [1.29, 1.82) is 0 Å². The normalized spacial score (nSPS) is 21.3. The Labute approximate surface area is 139 Å². The standard InChI is InChI=1S/C14H21BrN2O2S2/c1-10(16)7-11-3-4-13(12(15)8-11)17-5-6-20-9-14(17)21(2,18)19/h3-4,8,10,14H,5-7,9,16H2,1-2H3. The molecule has 1 heterocycles. The van der Waals surface area contributed by atoms with E-state index in [0.29, 0.717) is 5.75 Å². The molecular formula is C14H21BrN2O2S2. The van der Waals surface area contributed by atoms with Crippen LogP contribution < -0.4 is 10.6 Å². The Kier molecular flexibility index (Phi) is 5.62. The molecule has 0 amide bonds. The first kappa shape index (κ1) is 17.1. The molecule has 4 nitrogen and oxygen atoms in total. The maximum absolute atomic E-state index is 12.0. The van der Waals surface area contributed by atoms with Crippen molar-refractivity contribution in [1.82, 2.24) is 0 Å². The van der Waals surface area contributed by atoms with E-state index in [-0.39, 0.29) is 6.04 Å². The molecule has 118 valence electrons. The quantitative estimate of drug-likeness (QED) is 0.850. The number of anilines is 1. The van der Waals surface area contributed by atoms with E-state index in [2.05, 4.69) is 15.9 Å². The SMILES string of the molecule is CC(N)Cc1ccc(N2CCSCC2S(C)(=O)=O)c(Br)c1. The van der Waals surface area contributed by atoms with Gasteiger partial charge in [0.2, 0.25) is 0 Å². The van der Waals surface area contributed by atoms with E-state index in [1.807, 2.05) is 30.0 Å². The molecule has 0 bridgehead atoms. The molecule has 2 atom stereocenters. The van der Waals surface area contributed by atoms with Gasteiger partial charge in [-0.3, -0.25) is 0 Å². The molecule has 0 aliphatic carbocycles. The Bertz CT molecular complexity index is 605. The molecule has 2 unspecified atom stereocenters. The highest BCUT2D eigenvalue weighted by Gasteiger charge is 2.32. The van der Waals surface area contributed by atoms with Gasteiger partial charge in [0, 0.05) is 34.8 Å². The molecule has 21 heavy (non-hydrogen) atoms.